The second kappa shape index (κ2) is 4.33. The summed E-state index contributed by atoms with van der Waals surface area (Å²) in [4.78, 5) is 11.1. The molecule has 4 heteroatoms. The Morgan fingerprint density at radius 2 is 2.21 bits per heavy atom. The molecule has 0 aliphatic heterocycles. The van der Waals surface area contributed by atoms with E-state index < -0.39 is 0 Å². The second-order valence-corrected chi connectivity index (χ2v) is 3.17. The van der Waals surface area contributed by atoms with Crippen LogP contribution in [0.2, 0.25) is 5.02 Å². The number of ether oxygens (including phenoxy) is 1. The molecule has 1 N–H and O–H groups in total. The van der Waals surface area contributed by atoms with E-state index in [-0.39, 0.29) is 22.1 Å². The van der Waals surface area contributed by atoms with Crippen LogP contribution in [0.25, 0.3) is 0 Å². The lowest BCUT2D eigenvalue weighted by Gasteiger charge is -2.08. The van der Waals surface area contributed by atoms with Gasteiger partial charge < -0.3 is 9.84 Å². The minimum atomic E-state index is -0.202. The highest BCUT2D eigenvalue weighted by molar-refractivity contribution is 6.35. The van der Waals surface area contributed by atoms with Gasteiger partial charge in [-0.3, -0.25) is 4.79 Å². The maximum Gasteiger partial charge on any atom is 0.161 e. The van der Waals surface area contributed by atoms with Crippen LogP contribution in [-0.2, 0) is 0 Å². The zero-order chi connectivity index (χ0) is 10.7. The van der Waals surface area contributed by atoms with Crippen molar-refractivity contribution in [2.75, 3.05) is 6.61 Å². The number of carbonyl (C=O) groups excluding carboxylic acids is 1. The fraction of sp³-hybridized carbons (Fsp3) is 0.300. The highest BCUT2D eigenvalue weighted by Gasteiger charge is 2.12. The Bertz CT molecular complexity index is 361. The molecule has 14 heavy (non-hydrogen) atoms. The van der Waals surface area contributed by atoms with Gasteiger partial charge in [-0.05, 0) is 19.9 Å². The van der Waals surface area contributed by atoms with E-state index in [4.69, 9.17) is 16.3 Å². The Morgan fingerprint density at radius 1 is 1.57 bits per heavy atom. The summed E-state index contributed by atoms with van der Waals surface area (Å²) in [5.41, 5.74) is 0.273. The first kappa shape index (κ1) is 10.9. The standard InChI is InChI=1S/C10H11ClO3/c1-3-14-9-5-7(13)4-8(6(2)12)10(9)11/h4-5,13H,3H2,1-2H3. The number of Topliss-reactive ketones (excluding diaryl/α,β-unsaturated/α-hetero) is 1. The quantitative estimate of drug-likeness (QED) is 0.787. The predicted molar refractivity (Wildman–Crippen MR) is 54.3 cm³/mol. The summed E-state index contributed by atoms with van der Waals surface area (Å²) in [7, 11) is 0. The van der Waals surface area contributed by atoms with Crippen LogP contribution in [0.1, 0.15) is 24.2 Å². The minimum absolute atomic E-state index is 0.0250. The van der Waals surface area contributed by atoms with Crippen molar-refractivity contribution in [2.24, 2.45) is 0 Å². The summed E-state index contributed by atoms with van der Waals surface area (Å²) in [5, 5.41) is 9.55. The number of halogens is 1. The van der Waals surface area contributed by atoms with Crippen LogP contribution in [0.4, 0.5) is 0 Å². The molecule has 0 unspecified atom stereocenters. The molecule has 0 aliphatic carbocycles. The topological polar surface area (TPSA) is 46.5 Å². The zero-order valence-electron chi connectivity index (χ0n) is 8.00. The van der Waals surface area contributed by atoms with Gasteiger partial charge in [0.15, 0.2) is 5.78 Å². The highest BCUT2D eigenvalue weighted by Crippen LogP contribution is 2.32. The monoisotopic (exact) mass is 214 g/mol. The molecule has 1 aromatic carbocycles. The van der Waals surface area contributed by atoms with E-state index in [0.717, 1.165) is 0 Å². The lowest BCUT2D eigenvalue weighted by molar-refractivity contribution is 0.101. The maximum absolute atomic E-state index is 11.1. The van der Waals surface area contributed by atoms with Crippen molar-refractivity contribution < 1.29 is 14.6 Å². The van der Waals surface area contributed by atoms with Crippen molar-refractivity contribution in [1.82, 2.24) is 0 Å². The number of rotatable bonds is 3. The van der Waals surface area contributed by atoms with Crippen LogP contribution in [-0.4, -0.2) is 17.5 Å². The van der Waals surface area contributed by atoms with Gasteiger partial charge in [-0.2, -0.15) is 0 Å². The third-order valence-corrected chi connectivity index (χ3v) is 2.09. The van der Waals surface area contributed by atoms with Crippen LogP contribution in [0, 0.1) is 0 Å². The molecule has 0 radical (unpaired) electrons. The number of phenolic OH excluding ortho intramolecular Hbond substituents is 1. The molecular weight excluding hydrogens is 204 g/mol. The smallest absolute Gasteiger partial charge is 0.161 e. The SMILES string of the molecule is CCOc1cc(O)cc(C(C)=O)c1Cl. The van der Waals surface area contributed by atoms with Gasteiger partial charge in [0.05, 0.1) is 11.6 Å². The second-order valence-electron chi connectivity index (χ2n) is 2.79. The molecule has 0 heterocycles. The average Bonchev–Trinajstić information content (AvgIpc) is 2.10. The van der Waals surface area contributed by atoms with E-state index in [1.807, 2.05) is 0 Å². The Hall–Kier alpha value is -1.22. The molecule has 76 valence electrons. The van der Waals surface area contributed by atoms with E-state index in [0.29, 0.717) is 12.4 Å². The molecule has 1 aromatic rings. The molecule has 0 atom stereocenters. The molecule has 0 spiro atoms. The van der Waals surface area contributed by atoms with Gasteiger partial charge in [0, 0.05) is 11.6 Å². The molecule has 0 saturated heterocycles. The first-order chi connectivity index (χ1) is 6.56. The third kappa shape index (κ3) is 2.17. The first-order valence-corrected chi connectivity index (χ1v) is 4.60. The Kier molecular flexibility index (Phi) is 3.36. The summed E-state index contributed by atoms with van der Waals surface area (Å²) in [6.07, 6.45) is 0. The summed E-state index contributed by atoms with van der Waals surface area (Å²) in [6, 6.07) is 2.71. The van der Waals surface area contributed by atoms with Crippen molar-refractivity contribution in [3.8, 4) is 11.5 Å². The minimum Gasteiger partial charge on any atom is -0.508 e. The number of hydrogen-bond acceptors (Lipinski definition) is 3. The van der Waals surface area contributed by atoms with Gasteiger partial charge in [-0.1, -0.05) is 11.6 Å². The molecule has 0 aliphatic rings. The lowest BCUT2D eigenvalue weighted by atomic mass is 10.1. The normalized spacial score (nSPS) is 9.93. The zero-order valence-corrected chi connectivity index (χ0v) is 8.76. The van der Waals surface area contributed by atoms with Crippen LogP contribution in [0.15, 0.2) is 12.1 Å². The van der Waals surface area contributed by atoms with E-state index in [1.54, 1.807) is 6.92 Å². The Morgan fingerprint density at radius 3 is 2.71 bits per heavy atom. The Labute approximate surface area is 87.3 Å². The van der Waals surface area contributed by atoms with Gasteiger partial charge in [-0.15, -0.1) is 0 Å². The van der Waals surface area contributed by atoms with Crippen LogP contribution >= 0.6 is 11.6 Å². The van der Waals surface area contributed by atoms with Gasteiger partial charge in [0.2, 0.25) is 0 Å². The molecule has 3 nitrogen and oxygen atoms in total. The molecule has 0 amide bonds. The van der Waals surface area contributed by atoms with Gasteiger partial charge in [0.25, 0.3) is 0 Å². The van der Waals surface area contributed by atoms with Crippen LogP contribution < -0.4 is 4.74 Å². The predicted octanol–water partition coefficient (Wildman–Crippen LogP) is 2.65. The maximum atomic E-state index is 11.1. The average molecular weight is 215 g/mol. The lowest BCUT2D eigenvalue weighted by Crippen LogP contribution is -1.98. The molecule has 0 saturated carbocycles. The van der Waals surface area contributed by atoms with E-state index >= 15 is 0 Å². The van der Waals surface area contributed by atoms with Gasteiger partial charge in [-0.25, -0.2) is 0 Å². The number of ketones is 1. The van der Waals surface area contributed by atoms with Crippen LogP contribution in [0.5, 0.6) is 11.5 Å². The van der Waals surface area contributed by atoms with E-state index in [1.165, 1.54) is 19.1 Å². The summed E-state index contributed by atoms with van der Waals surface area (Å²) >= 11 is 5.90. The molecule has 0 fully saturated rings. The van der Waals surface area contributed by atoms with Crippen molar-refractivity contribution in [2.45, 2.75) is 13.8 Å². The summed E-state index contributed by atoms with van der Waals surface area (Å²) in [5.74, 6) is 0.106. The number of carbonyl (C=O) groups is 1. The van der Waals surface area contributed by atoms with Crippen molar-refractivity contribution >= 4 is 17.4 Å². The highest BCUT2D eigenvalue weighted by atomic mass is 35.5. The number of phenols is 1. The van der Waals surface area contributed by atoms with Crippen molar-refractivity contribution in [1.29, 1.82) is 0 Å². The van der Waals surface area contributed by atoms with Crippen LogP contribution in [0.3, 0.4) is 0 Å². The van der Waals surface area contributed by atoms with E-state index in [9.17, 15) is 9.90 Å². The van der Waals surface area contributed by atoms with Crippen molar-refractivity contribution in [3.63, 3.8) is 0 Å². The summed E-state index contributed by atoms with van der Waals surface area (Å²) in [6.45, 7) is 3.62. The van der Waals surface area contributed by atoms with Gasteiger partial charge >= 0.3 is 0 Å². The molecular formula is C10H11ClO3. The first-order valence-electron chi connectivity index (χ1n) is 4.22. The molecule has 0 aromatic heterocycles. The number of aromatic hydroxyl groups is 1. The largest absolute Gasteiger partial charge is 0.508 e. The number of hydrogen-bond donors (Lipinski definition) is 1. The van der Waals surface area contributed by atoms with E-state index in [2.05, 4.69) is 0 Å². The fourth-order valence-corrected chi connectivity index (χ4v) is 1.40. The molecule has 0 bridgehead atoms. The van der Waals surface area contributed by atoms with Gasteiger partial charge in [0.1, 0.15) is 11.5 Å². The summed E-state index contributed by atoms with van der Waals surface area (Å²) < 4.78 is 5.16. The van der Waals surface area contributed by atoms with Crippen molar-refractivity contribution in [3.05, 3.63) is 22.7 Å². The number of benzene rings is 1. The third-order valence-electron chi connectivity index (χ3n) is 1.70. The molecule has 1 rings (SSSR count). The fourth-order valence-electron chi connectivity index (χ4n) is 1.10. The Balaban J connectivity index is 3.24.